The van der Waals surface area contributed by atoms with Gasteiger partial charge in [0, 0.05) is 56.1 Å². The molecule has 0 bridgehead atoms. The molecule has 1 amide bonds. The van der Waals surface area contributed by atoms with Crippen molar-refractivity contribution in [1.29, 1.82) is 0 Å². The number of anilines is 1. The highest BCUT2D eigenvalue weighted by Gasteiger charge is 2.29. The molecule has 0 spiro atoms. The molecule has 2 aromatic carbocycles. The average molecular weight is 528 g/mol. The smallest absolute Gasteiger partial charge is 0.254 e. The van der Waals surface area contributed by atoms with Crippen molar-refractivity contribution >= 4 is 33.3 Å². The van der Waals surface area contributed by atoms with Gasteiger partial charge in [-0.15, -0.1) is 11.3 Å². The molecule has 0 aliphatic carbocycles. The van der Waals surface area contributed by atoms with Gasteiger partial charge in [-0.2, -0.15) is 0 Å². The largest absolute Gasteiger partial charge is 0.497 e. The van der Waals surface area contributed by atoms with E-state index in [0.717, 1.165) is 55.6 Å². The number of hydrogen-bond donors (Lipinski definition) is 0. The van der Waals surface area contributed by atoms with Gasteiger partial charge < -0.3 is 14.5 Å². The van der Waals surface area contributed by atoms with E-state index in [2.05, 4.69) is 41.0 Å². The number of ether oxygens (including phenoxy) is 1. The molecular formula is C30H33N5O2S. The molecule has 1 saturated heterocycles. The molecule has 38 heavy (non-hydrogen) atoms. The summed E-state index contributed by atoms with van der Waals surface area (Å²) in [4.78, 5) is 32.8. The van der Waals surface area contributed by atoms with Crippen LogP contribution in [0.5, 0.6) is 5.75 Å². The van der Waals surface area contributed by atoms with E-state index in [1.165, 1.54) is 21.4 Å². The van der Waals surface area contributed by atoms with E-state index in [1.807, 2.05) is 46.6 Å². The lowest BCUT2D eigenvalue weighted by molar-refractivity contribution is 0.0746. The Labute approximate surface area is 227 Å². The SMILES string of the molecule is CCN1CCc2c(sc3nc(Cc4ccccc4)nc(N4CCN(C(=O)c5cccc(OC)c5)CC4)c23)C1. The third-order valence-corrected chi connectivity index (χ3v) is 8.75. The molecule has 7 nitrogen and oxygen atoms in total. The molecule has 6 rings (SSSR count). The molecule has 0 radical (unpaired) electrons. The van der Waals surface area contributed by atoms with Crippen LogP contribution in [0.3, 0.4) is 0 Å². The van der Waals surface area contributed by atoms with E-state index >= 15 is 0 Å². The number of nitrogens with zero attached hydrogens (tertiary/aromatic N) is 5. The number of likely N-dealkylation sites (N-methyl/N-ethyl adjacent to an activating group) is 1. The molecule has 196 valence electrons. The van der Waals surface area contributed by atoms with Crippen LogP contribution in [0.2, 0.25) is 0 Å². The maximum atomic E-state index is 13.2. The third-order valence-electron chi connectivity index (χ3n) is 7.64. The normalized spacial score (nSPS) is 16.1. The molecular weight excluding hydrogens is 494 g/mol. The van der Waals surface area contributed by atoms with Crippen LogP contribution in [0.4, 0.5) is 5.82 Å². The Bertz CT molecular complexity index is 1450. The molecule has 2 aliphatic rings. The molecule has 1 fully saturated rings. The summed E-state index contributed by atoms with van der Waals surface area (Å²) >= 11 is 1.83. The van der Waals surface area contributed by atoms with E-state index in [-0.39, 0.29) is 5.91 Å². The van der Waals surface area contributed by atoms with Gasteiger partial charge >= 0.3 is 0 Å². The summed E-state index contributed by atoms with van der Waals surface area (Å²) < 4.78 is 5.32. The Morgan fingerprint density at radius 2 is 1.82 bits per heavy atom. The molecule has 2 aliphatic heterocycles. The Morgan fingerprint density at radius 3 is 2.58 bits per heavy atom. The van der Waals surface area contributed by atoms with E-state index in [1.54, 1.807) is 7.11 Å². The van der Waals surface area contributed by atoms with Gasteiger partial charge in [-0.1, -0.05) is 43.3 Å². The minimum Gasteiger partial charge on any atom is -0.497 e. The highest BCUT2D eigenvalue weighted by molar-refractivity contribution is 7.19. The fourth-order valence-electron chi connectivity index (χ4n) is 5.49. The maximum Gasteiger partial charge on any atom is 0.254 e. The second-order valence-electron chi connectivity index (χ2n) is 9.94. The molecule has 2 aromatic heterocycles. The quantitative estimate of drug-likeness (QED) is 0.364. The van der Waals surface area contributed by atoms with E-state index in [9.17, 15) is 4.79 Å². The lowest BCUT2D eigenvalue weighted by Crippen LogP contribution is -2.49. The molecule has 4 aromatic rings. The summed E-state index contributed by atoms with van der Waals surface area (Å²) in [6.45, 7) is 8.17. The molecule has 0 unspecified atom stereocenters. The zero-order chi connectivity index (χ0) is 26.1. The third kappa shape index (κ3) is 4.86. The summed E-state index contributed by atoms with van der Waals surface area (Å²) in [6, 6.07) is 17.8. The first-order valence-corrected chi connectivity index (χ1v) is 14.2. The van der Waals surface area contributed by atoms with Gasteiger partial charge in [0.2, 0.25) is 0 Å². The van der Waals surface area contributed by atoms with Crippen LogP contribution < -0.4 is 9.64 Å². The van der Waals surface area contributed by atoms with Gasteiger partial charge in [0.25, 0.3) is 5.91 Å². The summed E-state index contributed by atoms with van der Waals surface area (Å²) in [7, 11) is 1.62. The summed E-state index contributed by atoms with van der Waals surface area (Å²) in [5.74, 6) is 2.65. The number of thiophene rings is 1. The van der Waals surface area contributed by atoms with Crippen molar-refractivity contribution in [2.45, 2.75) is 26.3 Å². The summed E-state index contributed by atoms with van der Waals surface area (Å²) in [6.07, 6.45) is 1.74. The van der Waals surface area contributed by atoms with Crippen LogP contribution in [-0.4, -0.2) is 72.1 Å². The first-order chi connectivity index (χ1) is 18.6. The monoisotopic (exact) mass is 527 g/mol. The highest BCUT2D eigenvalue weighted by Crippen LogP contribution is 2.39. The Balaban J connectivity index is 1.30. The van der Waals surface area contributed by atoms with E-state index in [4.69, 9.17) is 14.7 Å². The minimum atomic E-state index is 0.0497. The highest BCUT2D eigenvalue weighted by atomic mass is 32.1. The topological polar surface area (TPSA) is 61.8 Å². The van der Waals surface area contributed by atoms with Crippen molar-refractivity contribution in [3.63, 3.8) is 0 Å². The predicted octanol–water partition coefficient (Wildman–Crippen LogP) is 4.63. The second-order valence-corrected chi connectivity index (χ2v) is 11.0. The zero-order valence-corrected chi connectivity index (χ0v) is 22.8. The Hall–Kier alpha value is -3.49. The molecule has 8 heteroatoms. The van der Waals surface area contributed by atoms with Gasteiger partial charge in [0.1, 0.15) is 22.2 Å². The van der Waals surface area contributed by atoms with Crippen molar-refractivity contribution in [2.75, 3.05) is 51.3 Å². The summed E-state index contributed by atoms with van der Waals surface area (Å²) in [5, 5.41) is 1.23. The fourth-order valence-corrected chi connectivity index (χ4v) is 6.76. The lowest BCUT2D eigenvalue weighted by Gasteiger charge is -2.36. The first-order valence-electron chi connectivity index (χ1n) is 13.4. The minimum absolute atomic E-state index is 0.0497. The van der Waals surface area contributed by atoms with Crippen LogP contribution >= 0.6 is 11.3 Å². The number of amides is 1. The Kier molecular flexibility index (Phi) is 7.00. The van der Waals surface area contributed by atoms with Crippen LogP contribution in [0.15, 0.2) is 54.6 Å². The van der Waals surface area contributed by atoms with Crippen LogP contribution in [0.1, 0.15) is 39.1 Å². The van der Waals surface area contributed by atoms with Crippen LogP contribution in [0, 0.1) is 0 Å². The van der Waals surface area contributed by atoms with Crippen LogP contribution in [0.25, 0.3) is 10.2 Å². The number of aromatic nitrogens is 2. The zero-order valence-electron chi connectivity index (χ0n) is 22.0. The molecule has 0 atom stereocenters. The standard InChI is InChI=1S/C30H33N5O2S/c1-3-33-13-12-24-25(20-33)38-29-27(24)28(31-26(32-29)18-21-8-5-4-6-9-21)34-14-16-35(17-15-34)30(36)22-10-7-11-23(19-22)37-2/h4-11,19H,3,12-18,20H2,1-2H3. The number of methoxy groups -OCH3 is 1. The molecule has 4 heterocycles. The van der Waals surface area contributed by atoms with Gasteiger partial charge in [-0.25, -0.2) is 9.97 Å². The second kappa shape index (κ2) is 10.7. The molecule has 0 saturated carbocycles. The van der Waals surface area contributed by atoms with Crippen molar-refractivity contribution < 1.29 is 9.53 Å². The number of carbonyl (C=O) groups is 1. The van der Waals surface area contributed by atoms with Crippen molar-refractivity contribution in [3.05, 3.63) is 82.0 Å². The van der Waals surface area contributed by atoms with E-state index in [0.29, 0.717) is 30.8 Å². The predicted molar refractivity (Wildman–Crippen MR) is 152 cm³/mol. The van der Waals surface area contributed by atoms with Crippen molar-refractivity contribution in [1.82, 2.24) is 19.8 Å². The van der Waals surface area contributed by atoms with E-state index < -0.39 is 0 Å². The summed E-state index contributed by atoms with van der Waals surface area (Å²) in [5.41, 5.74) is 3.30. The lowest BCUT2D eigenvalue weighted by atomic mass is 10.0. The fraction of sp³-hybridized carbons (Fsp3) is 0.367. The molecule has 0 N–H and O–H groups in total. The Morgan fingerprint density at radius 1 is 1.00 bits per heavy atom. The number of carbonyl (C=O) groups excluding carboxylic acids is 1. The van der Waals surface area contributed by atoms with Crippen molar-refractivity contribution in [3.8, 4) is 5.75 Å². The number of benzene rings is 2. The number of rotatable bonds is 6. The average Bonchev–Trinajstić information content (AvgIpc) is 3.34. The van der Waals surface area contributed by atoms with Crippen molar-refractivity contribution in [2.24, 2.45) is 0 Å². The first kappa shape index (κ1) is 24.8. The number of fused-ring (bicyclic) bond motifs is 3. The number of hydrogen-bond acceptors (Lipinski definition) is 7. The van der Waals surface area contributed by atoms with Gasteiger partial charge in [0.15, 0.2) is 0 Å². The van der Waals surface area contributed by atoms with Gasteiger partial charge in [0.05, 0.1) is 12.5 Å². The van der Waals surface area contributed by atoms with Gasteiger partial charge in [-0.05, 0) is 42.3 Å². The van der Waals surface area contributed by atoms with Gasteiger partial charge in [-0.3, -0.25) is 9.69 Å². The number of piperazine rings is 1. The maximum absolute atomic E-state index is 13.2. The van der Waals surface area contributed by atoms with Crippen LogP contribution in [-0.2, 0) is 19.4 Å².